The summed E-state index contributed by atoms with van der Waals surface area (Å²) in [6, 6.07) is 12.9. The normalized spacial score (nSPS) is 11.9. The Labute approximate surface area is 128 Å². The van der Waals surface area contributed by atoms with Crippen LogP contribution >= 0.6 is 0 Å². The zero-order valence-corrected chi connectivity index (χ0v) is 11.9. The number of aryl methyl sites for hydroxylation is 2. The summed E-state index contributed by atoms with van der Waals surface area (Å²) < 4.78 is 0. The van der Waals surface area contributed by atoms with Gasteiger partial charge in [-0.25, -0.2) is 4.79 Å². The topological polar surface area (TPSA) is 101 Å². The molecule has 22 heavy (non-hydrogen) atoms. The maximum atomic E-state index is 11.1. The van der Waals surface area contributed by atoms with Crippen LogP contribution in [0.5, 0.6) is 0 Å². The highest BCUT2D eigenvalue weighted by atomic mass is 16.4. The van der Waals surface area contributed by atoms with Crippen molar-refractivity contribution < 1.29 is 19.8 Å². The number of aromatic carboxylic acids is 1. The molecule has 2 rings (SSSR count). The van der Waals surface area contributed by atoms with Gasteiger partial charge in [0, 0.05) is 0 Å². The molecule has 2 aromatic rings. The van der Waals surface area contributed by atoms with Crippen LogP contribution in [0.3, 0.4) is 0 Å². The molecular weight excluding hydrogens is 282 g/mol. The molecule has 2 aromatic carbocycles. The molecule has 1 unspecified atom stereocenters. The minimum absolute atomic E-state index is 0.129. The lowest BCUT2D eigenvalue weighted by Crippen LogP contribution is -2.22. The molecule has 4 N–H and O–H groups in total. The summed E-state index contributed by atoms with van der Waals surface area (Å²) >= 11 is 0. The second-order valence-electron chi connectivity index (χ2n) is 5.02. The molecule has 0 saturated carbocycles. The van der Waals surface area contributed by atoms with Gasteiger partial charge in [0.15, 0.2) is 0 Å². The van der Waals surface area contributed by atoms with E-state index < -0.39 is 18.0 Å². The molecule has 0 heterocycles. The SMILES string of the molecule is NC(C(=O)O)c1ccc(C(=O)O)cc1CCc1ccccc1. The average Bonchev–Trinajstić information content (AvgIpc) is 2.52. The highest BCUT2D eigenvalue weighted by Gasteiger charge is 2.19. The molecular formula is C17H17NO4. The van der Waals surface area contributed by atoms with Crippen molar-refractivity contribution in [2.75, 3.05) is 0 Å². The second kappa shape index (κ2) is 6.87. The zero-order valence-electron chi connectivity index (χ0n) is 11.9. The fraction of sp³-hybridized carbons (Fsp3) is 0.176. The highest BCUT2D eigenvalue weighted by molar-refractivity contribution is 5.88. The van der Waals surface area contributed by atoms with Crippen molar-refractivity contribution in [2.24, 2.45) is 5.73 Å². The van der Waals surface area contributed by atoms with Crippen molar-refractivity contribution in [3.63, 3.8) is 0 Å². The van der Waals surface area contributed by atoms with Crippen LogP contribution in [0.25, 0.3) is 0 Å². The summed E-state index contributed by atoms with van der Waals surface area (Å²) in [6.45, 7) is 0. The van der Waals surface area contributed by atoms with Gasteiger partial charge in [-0.2, -0.15) is 0 Å². The van der Waals surface area contributed by atoms with Crippen LogP contribution in [0.15, 0.2) is 48.5 Å². The standard InChI is InChI=1S/C17H17NO4/c18-15(17(21)22)14-9-8-13(16(19)20)10-12(14)7-6-11-4-2-1-3-5-11/h1-5,8-10,15H,6-7,18H2,(H,19,20)(H,21,22). The van der Waals surface area contributed by atoms with E-state index in [0.29, 0.717) is 24.0 Å². The number of nitrogens with two attached hydrogens (primary N) is 1. The molecule has 0 spiro atoms. The summed E-state index contributed by atoms with van der Waals surface area (Å²) in [4.78, 5) is 22.2. The Morgan fingerprint density at radius 3 is 2.27 bits per heavy atom. The summed E-state index contributed by atoms with van der Waals surface area (Å²) in [5.41, 5.74) is 8.02. The first-order valence-corrected chi connectivity index (χ1v) is 6.87. The van der Waals surface area contributed by atoms with Crippen LogP contribution < -0.4 is 5.73 Å². The summed E-state index contributed by atoms with van der Waals surface area (Å²) in [7, 11) is 0. The maximum absolute atomic E-state index is 11.1. The Kier molecular flexibility index (Phi) is 4.91. The minimum Gasteiger partial charge on any atom is -0.480 e. The number of carboxylic acid groups (broad SMARTS) is 2. The lowest BCUT2D eigenvalue weighted by atomic mass is 9.94. The monoisotopic (exact) mass is 299 g/mol. The zero-order chi connectivity index (χ0) is 16.1. The first kappa shape index (κ1) is 15.7. The summed E-state index contributed by atoms with van der Waals surface area (Å²) in [5, 5.41) is 18.2. The predicted octanol–water partition coefficient (Wildman–Crippen LogP) is 2.25. The fourth-order valence-electron chi connectivity index (χ4n) is 2.32. The summed E-state index contributed by atoms with van der Waals surface area (Å²) in [5.74, 6) is -2.18. The first-order valence-electron chi connectivity index (χ1n) is 6.87. The van der Waals surface area contributed by atoms with E-state index in [1.165, 1.54) is 18.2 Å². The number of carboxylic acids is 2. The van der Waals surface area contributed by atoms with E-state index in [9.17, 15) is 9.59 Å². The molecule has 0 aliphatic carbocycles. The summed E-state index contributed by atoms with van der Waals surface area (Å²) in [6.07, 6.45) is 1.21. The van der Waals surface area contributed by atoms with Crippen molar-refractivity contribution in [3.8, 4) is 0 Å². The van der Waals surface area contributed by atoms with E-state index in [1.807, 2.05) is 30.3 Å². The van der Waals surface area contributed by atoms with E-state index in [0.717, 1.165) is 5.56 Å². The quantitative estimate of drug-likeness (QED) is 0.759. The van der Waals surface area contributed by atoms with Crippen molar-refractivity contribution in [2.45, 2.75) is 18.9 Å². The van der Waals surface area contributed by atoms with E-state index in [-0.39, 0.29) is 5.56 Å². The minimum atomic E-state index is -1.16. The van der Waals surface area contributed by atoms with Crippen LogP contribution in [0.2, 0.25) is 0 Å². The van der Waals surface area contributed by atoms with Crippen molar-refractivity contribution in [1.29, 1.82) is 0 Å². The molecule has 0 aromatic heterocycles. The molecule has 0 aliphatic rings. The average molecular weight is 299 g/mol. The Bertz CT molecular complexity index is 682. The predicted molar refractivity (Wildman–Crippen MR) is 81.8 cm³/mol. The van der Waals surface area contributed by atoms with Gasteiger partial charge in [0.05, 0.1) is 5.56 Å². The first-order chi connectivity index (χ1) is 10.5. The van der Waals surface area contributed by atoms with E-state index in [1.54, 1.807) is 0 Å². The third kappa shape index (κ3) is 3.71. The molecule has 0 aliphatic heterocycles. The van der Waals surface area contributed by atoms with Crippen molar-refractivity contribution >= 4 is 11.9 Å². The molecule has 1 atom stereocenters. The Balaban J connectivity index is 2.30. The number of carbonyl (C=O) groups is 2. The van der Waals surface area contributed by atoms with Gasteiger partial charge in [-0.1, -0.05) is 36.4 Å². The van der Waals surface area contributed by atoms with Gasteiger partial charge < -0.3 is 15.9 Å². The number of hydrogen-bond donors (Lipinski definition) is 3. The third-order valence-corrected chi connectivity index (χ3v) is 3.52. The Morgan fingerprint density at radius 2 is 1.68 bits per heavy atom. The number of aliphatic carboxylic acids is 1. The molecule has 0 amide bonds. The number of benzene rings is 2. The van der Waals surface area contributed by atoms with Crippen molar-refractivity contribution in [1.82, 2.24) is 0 Å². The highest BCUT2D eigenvalue weighted by Crippen LogP contribution is 2.21. The maximum Gasteiger partial charge on any atom is 0.335 e. The third-order valence-electron chi connectivity index (χ3n) is 3.52. The van der Waals surface area contributed by atoms with Gasteiger partial charge in [0.1, 0.15) is 6.04 Å². The second-order valence-corrected chi connectivity index (χ2v) is 5.02. The Hall–Kier alpha value is -2.66. The van der Waals surface area contributed by atoms with Gasteiger partial charge in [-0.3, -0.25) is 4.79 Å². The van der Waals surface area contributed by atoms with Gasteiger partial charge in [0.25, 0.3) is 0 Å². The Morgan fingerprint density at radius 1 is 1.00 bits per heavy atom. The van der Waals surface area contributed by atoms with Gasteiger partial charge >= 0.3 is 11.9 Å². The fourth-order valence-corrected chi connectivity index (χ4v) is 2.32. The van der Waals surface area contributed by atoms with Gasteiger partial charge in [0.2, 0.25) is 0 Å². The van der Waals surface area contributed by atoms with Crippen molar-refractivity contribution in [3.05, 3.63) is 70.8 Å². The van der Waals surface area contributed by atoms with Crippen LogP contribution in [0, 0.1) is 0 Å². The molecule has 114 valence electrons. The van der Waals surface area contributed by atoms with E-state index in [4.69, 9.17) is 15.9 Å². The molecule has 5 heteroatoms. The van der Waals surface area contributed by atoms with Crippen LogP contribution in [-0.2, 0) is 17.6 Å². The van der Waals surface area contributed by atoms with Gasteiger partial charge in [-0.05, 0) is 41.7 Å². The smallest absolute Gasteiger partial charge is 0.335 e. The molecule has 5 nitrogen and oxygen atoms in total. The molecule has 0 radical (unpaired) electrons. The molecule has 0 bridgehead atoms. The molecule has 0 fully saturated rings. The number of rotatable bonds is 6. The molecule has 0 saturated heterocycles. The van der Waals surface area contributed by atoms with Gasteiger partial charge in [-0.15, -0.1) is 0 Å². The lowest BCUT2D eigenvalue weighted by molar-refractivity contribution is -0.138. The lowest BCUT2D eigenvalue weighted by Gasteiger charge is -2.14. The van der Waals surface area contributed by atoms with Crippen LogP contribution in [-0.4, -0.2) is 22.2 Å². The van der Waals surface area contributed by atoms with E-state index >= 15 is 0 Å². The number of hydrogen-bond acceptors (Lipinski definition) is 3. The van der Waals surface area contributed by atoms with Crippen LogP contribution in [0.1, 0.15) is 33.1 Å². The van der Waals surface area contributed by atoms with E-state index in [2.05, 4.69) is 0 Å². The largest absolute Gasteiger partial charge is 0.480 e. The van der Waals surface area contributed by atoms with Crippen LogP contribution in [0.4, 0.5) is 0 Å².